The van der Waals surface area contributed by atoms with E-state index in [4.69, 9.17) is 4.74 Å². The standard InChI is InChI=1S/C18H26FN3O4S/c1-20-7-8-21(14-17(20)15-4-2-3-5-16(15)19)18(23)6-13-27(24,25)22-9-11-26-12-10-22/h2-5,17H,6-14H2,1H3. The summed E-state index contributed by atoms with van der Waals surface area (Å²) in [4.78, 5) is 16.3. The molecule has 2 aliphatic rings. The summed E-state index contributed by atoms with van der Waals surface area (Å²) in [6.07, 6.45) is -0.0621. The largest absolute Gasteiger partial charge is 0.379 e. The summed E-state index contributed by atoms with van der Waals surface area (Å²) < 4.78 is 45.5. The highest BCUT2D eigenvalue weighted by molar-refractivity contribution is 7.89. The highest BCUT2D eigenvalue weighted by Gasteiger charge is 2.31. The number of rotatable bonds is 5. The van der Waals surface area contributed by atoms with Crippen LogP contribution in [0.2, 0.25) is 0 Å². The van der Waals surface area contributed by atoms with Crippen molar-refractivity contribution in [2.75, 3.05) is 58.7 Å². The second-order valence-corrected chi connectivity index (χ2v) is 9.02. The molecule has 2 aliphatic heterocycles. The Kier molecular flexibility index (Phi) is 6.46. The molecule has 1 atom stereocenters. The molecule has 1 aromatic rings. The number of piperazine rings is 1. The van der Waals surface area contributed by atoms with Gasteiger partial charge in [-0.2, -0.15) is 4.31 Å². The van der Waals surface area contributed by atoms with E-state index in [1.807, 2.05) is 11.9 Å². The molecule has 3 rings (SSSR count). The van der Waals surface area contributed by atoms with Gasteiger partial charge in [0.05, 0.1) is 25.0 Å². The average molecular weight is 399 g/mol. The molecule has 2 saturated heterocycles. The summed E-state index contributed by atoms with van der Waals surface area (Å²) >= 11 is 0. The zero-order chi connectivity index (χ0) is 19.4. The molecule has 1 unspecified atom stereocenters. The summed E-state index contributed by atoms with van der Waals surface area (Å²) in [5.41, 5.74) is 0.554. The predicted octanol–water partition coefficient (Wildman–Crippen LogP) is 0.693. The minimum absolute atomic E-state index is 0.0621. The Hall–Kier alpha value is -1.55. The van der Waals surface area contributed by atoms with Crippen LogP contribution in [0, 0.1) is 5.82 Å². The molecule has 2 fully saturated rings. The van der Waals surface area contributed by atoms with E-state index in [9.17, 15) is 17.6 Å². The number of sulfonamides is 1. The Labute approximate surface area is 159 Å². The molecule has 0 spiro atoms. The summed E-state index contributed by atoms with van der Waals surface area (Å²) in [5, 5.41) is 0. The number of hydrogen-bond acceptors (Lipinski definition) is 5. The number of carbonyl (C=O) groups is 1. The highest BCUT2D eigenvalue weighted by atomic mass is 32.2. The van der Waals surface area contributed by atoms with Crippen molar-refractivity contribution in [3.63, 3.8) is 0 Å². The minimum Gasteiger partial charge on any atom is -0.379 e. The van der Waals surface area contributed by atoms with E-state index in [2.05, 4.69) is 0 Å². The maximum absolute atomic E-state index is 14.2. The first kappa shape index (κ1) is 20.2. The molecule has 150 valence electrons. The monoisotopic (exact) mass is 399 g/mol. The molecule has 0 N–H and O–H groups in total. The molecular weight excluding hydrogens is 373 g/mol. The smallest absolute Gasteiger partial charge is 0.223 e. The van der Waals surface area contributed by atoms with Crippen LogP contribution in [0.4, 0.5) is 4.39 Å². The molecule has 0 bridgehead atoms. The molecule has 1 aromatic carbocycles. The lowest BCUT2D eigenvalue weighted by Crippen LogP contribution is -2.49. The van der Waals surface area contributed by atoms with Crippen LogP contribution < -0.4 is 0 Å². The van der Waals surface area contributed by atoms with Gasteiger partial charge in [-0.3, -0.25) is 9.69 Å². The molecule has 0 saturated carbocycles. The summed E-state index contributed by atoms with van der Waals surface area (Å²) in [6, 6.07) is 6.33. The lowest BCUT2D eigenvalue weighted by atomic mass is 10.0. The molecule has 7 nitrogen and oxygen atoms in total. The van der Waals surface area contributed by atoms with Gasteiger partial charge in [0.1, 0.15) is 5.82 Å². The van der Waals surface area contributed by atoms with E-state index >= 15 is 0 Å². The maximum Gasteiger partial charge on any atom is 0.223 e. The molecular formula is C18H26FN3O4S. The second kappa shape index (κ2) is 8.64. The van der Waals surface area contributed by atoms with Gasteiger partial charge in [-0.05, 0) is 13.1 Å². The van der Waals surface area contributed by atoms with Crippen molar-refractivity contribution in [3.05, 3.63) is 35.6 Å². The van der Waals surface area contributed by atoms with Crippen molar-refractivity contribution in [2.45, 2.75) is 12.5 Å². The fourth-order valence-corrected chi connectivity index (χ4v) is 4.91. The zero-order valence-electron chi connectivity index (χ0n) is 15.5. The molecule has 2 heterocycles. The van der Waals surface area contributed by atoms with Crippen LogP contribution >= 0.6 is 0 Å². The Morgan fingerprint density at radius 3 is 2.59 bits per heavy atom. The molecule has 27 heavy (non-hydrogen) atoms. The first-order valence-corrected chi connectivity index (χ1v) is 10.8. The van der Waals surface area contributed by atoms with E-state index in [0.717, 1.165) is 0 Å². The molecule has 9 heteroatoms. The lowest BCUT2D eigenvalue weighted by Gasteiger charge is -2.40. The van der Waals surface area contributed by atoms with Crippen LogP contribution in [-0.2, 0) is 19.6 Å². The average Bonchev–Trinajstić information content (AvgIpc) is 2.68. The number of carbonyl (C=O) groups excluding carboxylic acids is 1. The molecule has 1 amide bonds. The number of halogens is 1. The van der Waals surface area contributed by atoms with Crippen molar-refractivity contribution in [1.82, 2.24) is 14.1 Å². The Morgan fingerprint density at radius 1 is 1.19 bits per heavy atom. The fourth-order valence-electron chi connectivity index (χ4n) is 3.51. The third-order valence-electron chi connectivity index (χ3n) is 5.20. The van der Waals surface area contributed by atoms with Gasteiger partial charge in [-0.25, -0.2) is 12.8 Å². The van der Waals surface area contributed by atoms with E-state index < -0.39 is 10.0 Å². The van der Waals surface area contributed by atoms with Crippen molar-refractivity contribution in [2.24, 2.45) is 0 Å². The van der Waals surface area contributed by atoms with Crippen LogP contribution in [0.3, 0.4) is 0 Å². The second-order valence-electron chi connectivity index (χ2n) is 6.94. The zero-order valence-corrected chi connectivity index (χ0v) is 16.3. The fraction of sp³-hybridized carbons (Fsp3) is 0.611. The highest BCUT2D eigenvalue weighted by Crippen LogP contribution is 2.26. The SMILES string of the molecule is CN1CCN(C(=O)CCS(=O)(=O)N2CCOCC2)CC1c1ccccc1F. The van der Waals surface area contributed by atoms with Crippen molar-refractivity contribution >= 4 is 15.9 Å². The van der Waals surface area contributed by atoms with Crippen molar-refractivity contribution < 1.29 is 22.3 Å². The summed E-state index contributed by atoms with van der Waals surface area (Å²) in [6.45, 7) is 2.92. The Balaban J connectivity index is 1.60. The predicted molar refractivity (Wildman–Crippen MR) is 99.1 cm³/mol. The summed E-state index contributed by atoms with van der Waals surface area (Å²) in [7, 11) is -1.56. The number of benzene rings is 1. The first-order chi connectivity index (χ1) is 12.9. The third kappa shape index (κ3) is 4.84. The lowest BCUT2D eigenvalue weighted by molar-refractivity contribution is -0.133. The molecule has 0 radical (unpaired) electrons. The van der Waals surface area contributed by atoms with Crippen molar-refractivity contribution in [3.8, 4) is 0 Å². The van der Waals surface area contributed by atoms with Crippen LogP contribution in [0.1, 0.15) is 18.0 Å². The van der Waals surface area contributed by atoms with Gasteiger partial charge in [-0.1, -0.05) is 18.2 Å². The normalized spacial score (nSPS) is 22.7. The van der Waals surface area contributed by atoms with E-state index in [1.165, 1.54) is 10.4 Å². The number of nitrogens with zero attached hydrogens (tertiary/aromatic N) is 3. The number of hydrogen-bond donors (Lipinski definition) is 0. The van der Waals surface area contributed by atoms with Crippen LogP contribution in [-0.4, -0.2) is 87.2 Å². The summed E-state index contributed by atoms with van der Waals surface area (Å²) in [5.74, 6) is -0.706. The number of ether oxygens (including phenoxy) is 1. The van der Waals surface area contributed by atoms with Crippen LogP contribution in [0.25, 0.3) is 0 Å². The third-order valence-corrected chi connectivity index (χ3v) is 7.07. The van der Waals surface area contributed by atoms with Crippen LogP contribution in [0.15, 0.2) is 24.3 Å². The number of amides is 1. The minimum atomic E-state index is -3.46. The number of morpholine rings is 1. The van der Waals surface area contributed by atoms with E-state index in [-0.39, 0.29) is 29.9 Å². The van der Waals surface area contributed by atoms with Gasteiger partial charge in [-0.15, -0.1) is 0 Å². The topological polar surface area (TPSA) is 70.2 Å². The Morgan fingerprint density at radius 2 is 1.89 bits per heavy atom. The molecule has 0 aromatic heterocycles. The van der Waals surface area contributed by atoms with E-state index in [1.54, 1.807) is 23.1 Å². The van der Waals surface area contributed by atoms with Crippen LogP contribution in [0.5, 0.6) is 0 Å². The quantitative estimate of drug-likeness (QED) is 0.729. The van der Waals surface area contributed by atoms with Gasteiger partial charge < -0.3 is 9.64 Å². The van der Waals surface area contributed by atoms with Gasteiger partial charge in [0.2, 0.25) is 15.9 Å². The number of likely N-dealkylation sites (N-methyl/N-ethyl adjacent to an activating group) is 1. The van der Waals surface area contributed by atoms with Gasteiger partial charge in [0, 0.05) is 44.7 Å². The Bertz CT molecular complexity index is 768. The van der Waals surface area contributed by atoms with Gasteiger partial charge >= 0.3 is 0 Å². The van der Waals surface area contributed by atoms with Gasteiger partial charge in [0.25, 0.3) is 0 Å². The first-order valence-electron chi connectivity index (χ1n) is 9.16. The van der Waals surface area contributed by atoms with Gasteiger partial charge in [0.15, 0.2) is 0 Å². The van der Waals surface area contributed by atoms with E-state index in [0.29, 0.717) is 51.5 Å². The van der Waals surface area contributed by atoms with Crippen molar-refractivity contribution in [1.29, 1.82) is 0 Å². The maximum atomic E-state index is 14.2. The molecule has 0 aliphatic carbocycles.